The standard InChI is InChI=1S/C10H7NO4/c1-5-4-8-9-7(14-5)3-2-6(11(12)13)10(9)15-8/h2-5H,1H3. The predicted octanol–water partition coefficient (Wildman–Crippen LogP) is 2.11. The molecule has 0 bridgehead atoms. The smallest absolute Gasteiger partial charge is 0.312 e. The van der Waals surface area contributed by atoms with Crippen molar-refractivity contribution in [2.75, 3.05) is 0 Å². The van der Waals surface area contributed by atoms with E-state index in [1.165, 1.54) is 6.07 Å². The summed E-state index contributed by atoms with van der Waals surface area (Å²) in [5.41, 5.74) is 0.714. The first-order valence-electron chi connectivity index (χ1n) is 4.55. The molecule has 76 valence electrons. The fourth-order valence-corrected chi connectivity index (χ4v) is 1.81. The molecule has 2 aliphatic heterocycles. The lowest BCUT2D eigenvalue weighted by molar-refractivity contribution is -0.385. The van der Waals surface area contributed by atoms with E-state index in [1.807, 2.05) is 6.92 Å². The highest BCUT2D eigenvalue weighted by atomic mass is 16.6. The Morgan fingerprint density at radius 2 is 2.27 bits per heavy atom. The van der Waals surface area contributed by atoms with Crippen LogP contribution in [0, 0.1) is 10.1 Å². The molecule has 1 unspecified atom stereocenters. The van der Waals surface area contributed by atoms with E-state index < -0.39 is 4.92 Å². The maximum absolute atomic E-state index is 10.7. The molecular weight excluding hydrogens is 198 g/mol. The Labute approximate surface area is 85.1 Å². The first-order chi connectivity index (χ1) is 7.16. The molecule has 0 saturated carbocycles. The van der Waals surface area contributed by atoms with Crippen molar-refractivity contribution in [2.45, 2.75) is 13.0 Å². The van der Waals surface area contributed by atoms with Gasteiger partial charge in [-0.3, -0.25) is 10.1 Å². The first-order valence-corrected chi connectivity index (χ1v) is 4.55. The van der Waals surface area contributed by atoms with Gasteiger partial charge in [0.15, 0.2) is 0 Å². The van der Waals surface area contributed by atoms with Crippen molar-refractivity contribution in [3.8, 4) is 11.5 Å². The summed E-state index contributed by atoms with van der Waals surface area (Å²) in [6.07, 6.45) is 1.75. The molecule has 0 N–H and O–H groups in total. The molecule has 0 aromatic heterocycles. The summed E-state index contributed by atoms with van der Waals surface area (Å²) in [6.45, 7) is 1.89. The van der Waals surface area contributed by atoms with Crippen molar-refractivity contribution in [1.82, 2.24) is 0 Å². The van der Waals surface area contributed by atoms with Crippen molar-refractivity contribution in [3.63, 3.8) is 0 Å². The average molecular weight is 205 g/mol. The number of nitrogens with zero attached hydrogens (tertiary/aromatic N) is 1. The Bertz CT molecular complexity index is 506. The zero-order valence-corrected chi connectivity index (χ0v) is 7.89. The second-order valence-corrected chi connectivity index (χ2v) is 3.50. The van der Waals surface area contributed by atoms with Crippen LogP contribution in [0.3, 0.4) is 0 Å². The third kappa shape index (κ3) is 0.971. The summed E-state index contributed by atoms with van der Waals surface area (Å²) in [4.78, 5) is 10.2. The molecule has 0 aliphatic carbocycles. The van der Waals surface area contributed by atoms with E-state index in [4.69, 9.17) is 9.47 Å². The molecule has 2 heterocycles. The summed E-state index contributed by atoms with van der Waals surface area (Å²) in [5, 5.41) is 10.7. The molecule has 3 rings (SSSR count). The third-order valence-electron chi connectivity index (χ3n) is 2.45. The second-order valence-electron chi connectivity index (χ2n) is 3.50. The van der Waals surface area contributed by atoms with Gasteiger partial charge in [-0.15, -0.1) is 0 Å². The van der Waals surface area contributed by atoms with Gasteiger partial charge in [0, 0.05) is 6.07 Å². The van der Waals surface area contributed by atoms with E-state index in [9.17, 15) is 10.1 Å². The Balaban J connectivity index is 2.21. The minimum atomic E-state index is -0.454. The zero-order chi connectivity index (χ0) is 10.6. The van der Waals surface area contributed by atoms with Gasteiger partial charge in [-0.2, -0.15) is 0 Å². The van der Waals surface area contributed by atoms with Crippen molar-refractivity contribution >= 4 is 11.4 Å². The Hall–Kier alpha value is -2.04. The lowest BCUT2D eigenvalue weighted by Crippen LogP contribution is -2.23. The number of nitro groups is 1. The van der Waals surface area contributed by atoms with E-state index in [0.717, 1.165) is 5.56 Å². The van der Waals surface area contributed by atoms with E-state index in [1.54, 1.807) is 12.1 Å². The molecule has 1 aromatic carbocycles. The van der Waals surface area contributed by atoms with E-state index in [0.29, 0.717) is 17.3 Å². The van der Waals surface area contributed by atoms with Crippen LogP contribution in [-0.4, -0.2) is 11.0 Å². The van der Waals surface area contributed by atoms with Gasteiger partial charge in [-0.05, 0) is 19.1 Å². The zero-order valence-electron chi connectivity index (χ0n) is 7.89. The minimum Gasteiger partial charge on any atom is -0.486 e. The summed E-state index contributed by atoms with van der Waals surface area (Å²) < 4.78 is 10.8. The van der Waals surface area contributed by atoms with Crippen LogP contribution in [0.1, 0.15) is 12.5 Å². The molecule has 1 aromatic rings. The molecule has 1 atom stereocenters. The van der Waals surface area contributed by atoms with Crippen LogP contribution in [0.15, 0.2) is 18.2 Å². The highest BCUT2D eigenvalue weighted by Gasteiger charge is 2.38. The van der Waals surface area contributed by atoms with Crippen LogP contribution < -0.4 is 9.47 Å². The topological polar surface area (TPSA) is 61.6 Å². The summed E-state index contributed by atoms with van der Waals surface area (Å²) in [6, 6.07) is 3.02. The summed E-state index contributed by atoms with van der Waals surface area (Å²) in [5.74, 6) is 1.66. The molecule has 5 nitrogen and oxygen atoms in total. The number of benzene rings is 1. The maximum Gasteiger partial charge on any atom is 0.312 e. The fraction of sp³-hybridized carbons (Fsp3) is 0.200. The highest BCUT2D eigenvalue weighted by molar-refractivity contribution is 5.85. The monoisotopic (exact) mass is 205 g/mol. The number of hydrogen-bond donors (Lipinski definition) is 0. The molecule has 5 heteroatoms. The van der Waals surface area contributed by atoms with Gasteiger partial charge in [0.25, 0.3) is 0 Å². The van der Waals surface area contributed by atoms with Crippen LogP contribution in [0.25, 0.3) is 5.76 Å². The van der Waals surface area contributed by atoms with Crippen LogP contribution in [0.4, 0.5) is 5.69 Å². The SMILES string of the molecule is CC1C=C2Oc3c([N+](=O)[O-])ccc(c32)O1. The molecule has 0 fully saturated rings. The number of ether oxygens (including phenoxy) is 2. The largest absolute Gasteiger partial charge is 0.486 e. The maximum atomic E-state index is 10.7. The molecule has 2 aliphatic rings. The number of rotatable bonds is 1. The third-order valence-corrected chi connectivity index (χ3v) is 2.45. The molecule has 0 saturated heterocycles. The van der Waals surface area contributed by atoms with E-state index in [2.05, 4.69) is 0 Å². The molecule has 0 radical (unpaired) electrons. The normalized spacial score (nSPS) is 20.3. The van der Waals surface area contributed by atoms with Gasteiger partial charge < -0.3 is 9.47 Å². The molecule has 15 heavy (non-hydrogen) atoms. The first kappa shape index (κ1) is 8.28. The molecule has 0 spiro atoms. The number of hydrogen-bond acceptors (Lipinski definition) is 4. The quantitative estimate of drug-likeness (QED) is 0.520. The lowest BCUT2D eigenvalue weighted by atomic mass is 10.0. The molecular formula is C10H7NO4. The van der Waals surface area contributed by atoms with Crippen LogP contribution in [0.5, 0.6) is 11.5 Å². The van der Waals surface area contributed by atoms with Gasteiger partial charge in [-0.25, -0.2) is 0 Å². The minimum absolute atomic E-state index is 0.0101. The summed E-state index contributed by atoms with van der Waals surface area (Å²) in [7, 11) is 0. The van der Waals surface area contributed by atoms with Gasteiger partial charge in [0.1, 0.15) is 23.2 Å². The van der Waals surface area contributed by atoms with Crippen molar-refractivity contribution in [1.29, 1.82) is 0 Å². The van der Waals surface area contributed by atoms with Gasteiger partial charge in [0.05, 0.1) is 4.92 Å². The Morgan fingerprint density at radius 1 is 1.47 bits per heavy atom. The highest BCUT2D eigenvalue weighted by Crippen LogP contribution is 2.52. The van der Waals surface area contributed by atoms with Gasteiger partial charge >= 0.3 is 5.69 Å². The van der Waals surface area contributed by atoms with Crippen LogP contribution in [-0.2, 0) is 0 Å². The van der Waals surface area contributed by atoms with Crippen LogP contribution >= 0.6 is 0 Å². The van der Waals surface area contributed by atoms with Gasteiger partial charge in [0.2, 0.25) is 5.75 Å². The predicted molar refractivity (Wildman–Crippen MR) is 51.8 cm³/mol. The summed E-state index contributed by atoms with van der Waals surface area (Å²) >= 11 is 0. The van der Waals surface area contributed by atoms with E-state index >= 15 is 0 Å². The molecule has 0 amide bonds. The fourth-order valence-electron chi connectivity index (χ4n) is 1.81. The van der Waals surface area contributed by atoms with Crippen molar-refractivity contribution < 1.29 is 14.4 Å². The number of nitro benzene ring substituents is 1. The van der Waals surface area contributed by atoms with Crippen molar-refractivity contribution in [3.05, 3.63) is 33.9 Å². The van der Waals surface area contributed by atoms with E-state index in [-0.39, 0.29) is 11.8 Å². The van der Waals surface area contributed by atoms with Crippen LogP contribution in [0.2, 0.25) is 0 Å². The Kier molecular flexibility index (Phi) is 1.38. The second kappa shape index (κ2) is 2.50. The average Bonchev–Trinajstić information content (AvgIpc) is 2.13. The lowest BCUT2D eigenvalue weighted by Gasteiger charge is -2.30. The Morgan fingerprint density at radius 3 is 3.00 bits per heavy atom. The van der Waals surface area contributed by atoms with Gasteiger partial charge in [-0.1, -0.05) is 0 Å². The van der Waals surface area contributed by atoms with Crippen molar-refractivity contribution in [2.24, 2.45) is 0 Å².